The van der Waals surface area contributed by atoms with Gasteiger partial charge >= 0.3 is 0 Å². The molecule has 4 nitrogen and oxygen atoms in total. The topological polar surface area (TPSA) is 46.4 Å². The molecule has 0 aliphatic carbocycles. The highest BCUT2D eigenvalue weighted by Crippen LogP contribution is 2.21. The highest BCUT2D eigenvalue weighted by atomic mass is 16.2. The zero-order valence-corrected chi connectivity index (χ0v) is 15.7. The van der Waals surface area contributed by atoms with Crippen molar-refractivity contribution in [3.8, 4) is 0 Å². The van der Waals surface area contributed by atoms with Crippen LogP contribution in [0.4, 0.5) is 0 Å². The summed E-state index contributed by atoms with van der Waals surface area (Å²) in [6.07, 6.45) is 3.77. The van der Waals surface area contributed by atoms with Crippen LogP contribution in [0.3, 0.4) is 0 Å². The van der Waals surface area contributed by atoms with Gasteiger partial charge < -0.3 is 4.57 Å². The van der Waals surface area contributed by atoms with E-state index < -0.39 is 0 Å². The molecule has 1 heterocycles. The molecule has 0 unspecified atom stereocenters. The van der Waals surface area contributed by atoms with E-state index in [-0.39, 0.29) is 5.91 Å². The number of rotatable bonds is 5. The van der Waals surface area contributed by atoms with Crippen LogP contribution in [-0.4, -0.2) is 16.7 Å². The molecule has 1 N–H and O–H groups in total. The van der Waals surface area contributed by atoms with Crippen LogP contribution >= 0.6 is 0 Å². The highest BCUT2D eigenvalue weighted by Gasteiger charge is 2.08. The number of hydrogen-bond acceptors (Lipinski definition) is 2. The lowest BCUT2D eigenvalue weighted by Crippen LogP contribution is -2.17. The number of nitrogens with one attached hydrogen (secondary N) is 1. The number of para-hydroxylation sites is 1. The first-order valence-corrected chi connectivity index (χ1v) is 9.22. The third kappa shape index (κ3) is 3.86. The number of aromatic nitrogens is 1. The number of hydrogen-bond donors (Lipinski definition) is 1. The molecule has 0 radical (unpaired) electrons. The molecule has 4 heteroatoms. The molecule has 3 aromatic carbocycles. The Morgan fingerprint density at radius 2 is 1.68 bits per heavy atom. The van der Waals surface area contributed by atoms with Crippen molar-refractivity contribution >= 4 is 23.0 Å². The van der Waals surface area contributed by atoms with Crippen LogP contribution < -0.4 is 5.43 Å². The van der Waals surface area contributed by atoms with Crippen molar-refractivity contribution in [2.45, 2.75) is 13.5 Å². The Hall–Kier alpha value is -3.66. The second-order valence-corrected chi connectivity index (χ2v) is 6.78. The molecule has 0 fully saturated rings. The highest BCUT2D eigenvalue weighted by molar-refractivity contribution is 6.00. The number of benzene rings is 3. The lowest BCUT2D eigenvalue weighted by molar-refractivity contribution is 0.0955. The fourth-order valence-electron chi connectivity index (χ4n) is 3.22. The number of amides is 1. The first kappa shape index (κ1) is 17.7. The molecule has 4 rings (SSSR count). The SMILES string of the molecule is Cc1ccc(C(=O)N/N=C\c2cn(Cc3ccccc3)c3ccccc23)cc1. The van der Waals surface area contributed by atoms with Gasteiger partial charge in [0, 0.05) is 34.8 Å². The summed E-state index contributed by atoms with van der Waals surface area (Å²) in [6, 6.07) is 26.0. The Morgan fingerprint density at radius 1 is 0.964 bits per heavy atom. The van der Waals surface area contributed by atoms with Gasteiger partial charge in [-0.15, -0.1) is 0 Å². The van der Waals surface area contributed by atoms with Crippen LogP contribution in [0.25, 0.3) is 10.9 Å². The van der Waals surface area contributed by atoms with Crippen LogP contribution in [0.15, 0.2) is 90.2 Å². The van der Waals surface area contributed by atoms with Gasteiger partial charge in [0.25, 0.3) is 5.91 Å². The number of carbonyl (C=O) groups is 1. The molecule has 0 aliphatic rings. The average Bonchev–Trinajstić information content (AvgIpc) is 3.07. The monoisotopic (exact) mass is 367 g/mol. The van der Waals surface area contributed by atoms with Gasteiger partial charge in [-0.3, -0.25) is 4.79 Å². The van der Waals surface area contributed by atoms with Crippen molar-refractivity contribution in [3.63, 3.8) is 0 Å². The summed E-state index contributed by atoms with van der Waals surface area (Å²) in [5, 5.41) is 5.28. The molecule has 0 atom stereocenters. The van der Waals surface area contributed by atoms with Gasteiger partial charge in [-0.25, -0.2) is 5.43 Å². The number of hydrazone groups is 1. The third-order valence-electron chi connectivity index (χ3n) is 4.70. The number of aryl methyl sites for hydroxylation is 1. The van der Waals surface area contributed by atoms with Crippen LogP contribution in [0.1, 0.15) is 27.0 Å². The van der Waals surface area contributed by atoms with E-state index in [2.05, 4.69) is 45.6 Å². The van der Waals surface area contributed by atoms with Crippen molar-refractivity contribution < 1.29 is 4.79 Å². The van der Waals surface area contributed by atoms with Gasteiger partial charge in [-0.1, -0.05) is 66.2 Å². The van der Waals surface area contributed by atoms with Crippen LogP contribution in [-0.2, 0) is 6.54 Å². The molecule has 28 heavy (non-hydrogen) atoms. The second kappa shape index (κ2) is 7.92. The molecular weight excluding hydrogens is 346 g/mol. The quantitative estimate of drug-likeness (QED) is 0.401. The molecule has 0 spiro atoms. The molecule has 1 amide bonds. The minimum Gasteiger partial charge on any atom is -0.342 e. The average molecular weight is 367 g/mol. The fraction of sp³-hybridized carbons (Fsp3) is 0.0833. The van der Waals surface area contributed by atoms with E-state index in [1.807, 2.05) is 49.4 Å². The summed E-state index contributed by atoms with van der Waals surface area (Å²) in [7, 11) is 0. The van der Waals surface area contributed by atoms with E-state index in [4.69, 9.17) is 0 Å². The molecule has 0 aliphatic heterocycles. The molecule has 1 aromatic heterocycles. The van der Waals surface area contributed by atoms with E-state index in [1.165, 1.54) is 5.56 Å². The summed E-state index contributed by atoms with van der Waals surface area (Å²) >= 11 is 0. The Bertz CT molecular complexity index is 1130. The van der Waals surface area contributed by atoms with E-state index in [1.54, 1.807) is 18.3 Å². The Kier molecular flexibility index (Phi) is 5.02. The van der Waals surface area contributed by atoms with Gasteiger partial charge in [0.1, 0.15) is 0 Å². The molecule has 0 saturated carbocycles. The zero-order valence-electron chi connectivity index (χ0n) is 15.7. The van der Waals surface area contributed by atoms with Gasteiger partial charge in [-0.05, 0) is 30.7 Å². The lowest BCUT2D eigenvalue weighted by atomic mass is 10.1. The van der Waals surface area contributed by atoms with E-state index in [9.17, 15) is 4.79 Å². The summed E-state index contributed by atoms with van der Waals surface area (Å²) < 4.78 is 2.20. The molecule has 0 saturated heterocycles. The predicted molar refractivity (Wildman–Crippen MR) is 114 cm³/mol. The summed E-state index contributed by atoms with van der Waals surface area (Å²) in [4.78, 5) is 12.2. The summed E-state index contributed by atoms with van der Waals surface area (Å²) in [5.41, 5.74) is 7.66. The van der Waals surface area contributed by atoms with E-state index in [0.717, 1.165) is 28.6 Å². The normalized spacial score (nSPS) is 11.2. The van der Waals surface area contributed by atoms with E-state index in [0.29, 0.717) is 5.56 Å². The molecular formula is C24H21N3O. The maximum atomic E-state index is 12.2. The number of nitrogens with zero attached hydrogens (tertiary/aromatic N) is 2. The lowest BCUT2D eigenvalue weighted by Gasteiger charge is -2.05. The molecule has 138 valence electrons. The van der Waals surface area contributed by atoms with Crippen molar-refractivity contribution in [1.82, 2.24) is 9.99 Å². The van der Waals surface area contributed by atoms with Crippen LogP contribution in [0, 0.1) is 6.92 Å². The first-order chi connectivity index (χ1) is 13.7. The Labute approximate surface area is 164 Å². The smallest absolute Gasteiger partial charge is 0.271 e. The van der Waals surface area contributed by atoms with Crippen LogP contribution in [0.2, 0.25) is 0 Å². The Balaban J connectivity index is 1.56. The van der Waals surface area contributed by atoms with Gasteiger partial charge in [0.15, 0.2) is 0 Å². The summed E-state index contributed by atoms with van der Waals surface area (Å²) in [6.45, 7) is 2.77. The van der Waals surface area contributed by atoms with E-state index >= 15 is 0 Å². The maximum absolute atomic E-state index is 12.2. The van der Waals surface area contributed by atoms with Crippen molar-refractivity contribution in [2.24, 2.45) is 5.10 Å². The second-order valence-electron chi connectivity index (χ2n) is 6.78. The van der Waals surface area contributed by atoms with Gasteiger partial charge in [0.2, 0.25) is 0 Å². The minimum atomic E-state index is -0.218. The third-order valence-corrected chi connectivity index (χ3v) is 4.70. The zero-order chi connectivity index (χ0) is 19.3. The van der Waals surface area contributed by atoms with Crippen molar-refractivity contribution in [3.05, 3.63) is 107 Å². The van der Waals surface area contributed by atoms with Gasteiger partial charge in [-0.2, -0.15) is 5.10 Å². The fourth-order valence-corrected chi connectivity index (χ4v) is 3.22. The standard InChI is InChI=1S/C24H21N3O/c1-18-11-13-20(14-12-18)24(28)26-25-15-21-17-27(16-19-7-3-2-4-8-19)23-10-6-5-9-22(21)23/h2-15,17H,16H2,1H3,(H,26,28)/b25-15-. The maximum Gasteiger partial charge on any atom is 0.271 e. The largest absolute Gasteiger partial charge is 0.342 e. The minimum absolute atomic E-state index is 0.218. The van der Waals surface area contributed by atoms with Crippen molar-refractivity contribution in [2.75, 3.05) is 0 Å². The number of carbonyl (C=O) groups excluding carboxylic acids is 1. The molecule has 4 aromatic rings. The van der Waals surface area contributed by atoms with Gasteiger partial charge in [0.05, 0.1) is 6.21 Å². The van der Waals surface area contributed by atoms with Crippen LogP contribution in [0.5, 0.6) is 0 Å². The predicted octanol–water partition coefficient (Wildman–Crippen LogP) is 4.76. The molecule has 0 bridgehead atoms. The number of fused-ring (bicyclic) bond motifs is 1. The first-order valence-electron chi connectivity index (χ1n) is 9.22. The summed E-state index contributed by atoms with van der Waals surface area (Å²) in [5.74, 6) is -0.218. The Morgan fingerprint density at radius 3 is 2.46 bits per heavy atom. The van der Waals surface area contributed by atoms with Crippen molar-refractivity contribution in [1.29, 1.82) is 0 Å².